The fourth-order valence-electron chi connectivity index (χ4n) is 1.79. The summed E-state index contributed by atoms with van der Waals surface area (Å²) in [5.74, 6) is 0.336. The van der Waals surface area contributed by atoms with Gasteiger partial charge in [-0.3, -0.25) is 4.79 Å². The van der Waals surface area contributed by atoms with Gasteiger partial charge in [-0.05, 0) is 55.3 Å². The molecule has 2 aromatic rings. The highest BCUT2D eigenvalue weighted by molar-refractivity contribution is 9.10. The van der Waals surface area contributed by atoms with Crippen molar-refractivity contribution in [3.63, 3.8) is 0 Å². The van der Waals surface area contributed by atoms with Crippen LogP contribution in [0.2, 0.25) is 0 Å². The van der Waals surface area contributed by atoms with Gasteiger partial charge in [-0.2, -0.15) is 5.10 Å². The van der Waals surface area contributed by atoms with E-state index in [4.69, 9.17) is 4.74 Å². The lowest BCUT2D eigenvalue weighted by Crippen LogP contribution is -2.24. The predicted octanol–water partition coefficient (Wildman–Crippen LogP) is 3.30. The van der Waals surface area contributed by atoms with Gasteiger partial charge in [-0.1, -0.05) is 22.0 Å². The van der Waals surface area contributed by atoms with Crippen LogP contribution in [0.1, 0.15) is 16.7 Å². The lowest BCUT2D eigenvalue weighted by molar-refractivity contribution is -0.123. The second-order valence-corrected chi connectivity index (χ2v) is 5.95. The van der Waals surface area contributed by atoms with E-state index in [1.165, 1.54) is 17.8 Å². The zero-order valence-electron chi connectivity index (χ0n) is 12.8. The molecule has 2 rings (SSSR count). The third-order valence-corrected chi connectivity index (χ3v) is 3.72. The van der Waals surface area contributed by atoms with E-state index in [1.54, 1.807) is 12.1 Å². The van der Waals surface area contributed by atoms with Crippen molar-refractivity contribution >= 4 is 28.1 Å². The molecule has 23 heavy (non-hydrogen) atoms. The molecule has 0 saturated carbocycles. The standard InChI is InChI=1S/C17H17BrN2O3/c1-11-3-5-15(7-12(11)2)23-10-17(22)20-19-9-13-8-14(18)4-6-16(13)21/h3-9,21H,10H2,1-2H3,(H,20,22)/b19-9+. The molecule has 2 N–H and O–H groups in total. The molecule has 5 nitrogen and oxygen atoms in total. The number of phenols is 1. The molecular weight excluding hydrogens is 360 g/mol. The molecule has 6 heteroatoms. The van der Waals surface area contributed by atoms with Crippen LogP contribution in [0.5, 0.6) is 11.5 Å². The van der Waals surface area contributed by atoms with Gasteiger partial charge in [-0.15, -0.1) is 0 Å². The third-order valence-electron chi connectivity index (χ3n) is 3.23. The highest BCUT2D eigenvalue weighted by Crippen LogP contribution is 2.20. The van der Waals surface area contributed by atoms with Gasteiger partial charge < -0.3 is 9.84 Å². The molecule has 0 unspecified atom stereocenters. The molecule has 0 aliphatic rings. The van der Waals surface area contributed by atoms with Crippen LogP contribution >= 0.6 is 15.9 Å². The number of halogens is 1. The van der Waals surface area contributed by atoms with Gasteiger partial charge in [0.15, 0.2) is 6.61 Å². The van der Waals surface area contributed by atoms with Crippen molar-refractivity contribution in [1.82, 2.24) is 5.43 Å². The molecular formula is C17H17BrN2O3. The van der Waals surface area contributed by atoms with Crippen LogP contribution in [0.4, 0.5) is 0 Å². The number of aromatic hydroxyl groups is 1. The van der Waals surface area contributed by atoms with Gasteiger partial charge in [0, 0.05) is 10.0 Å². The van der Waals surface area contributed by atoms with Gasteiger partial charge in [-0.25, -0.2) is 5.43 Å². The van der Waals surface area contributed by atoms with E-state index < -0.39 is 0 Å². The number of amides is 1. The second kappa shape index (κ2) is 7.78. The molecule has 0 radical (unpaired) electrons. The largest absolute Gasteiger partial charge is 0.507 e. The quantitative estimate of drug-likeness (QED) is 0.621. The molecule has 0 aromatic heterocycles. The van der Waals surface area contributed by atoms with Crippen molar-refractivity contribution in [1.29, 1.82) is 0 Å². The van der Waals surface area contributed by atoms with Crippen LogP contribution in [-0.2, 0) is 4.79 Å². The molecule has 0 aliphatic heterocycles. The number of nitrogens with zero attached hydrogens (tertiary/aromatic N) is 1. The van der Waals surface area contributed by atoms with Crippen molar-refractivity contribution in [3.05, 3.63) is 57.6 Å². The highest BCUT2D eigenvalue weighted by Gasteiger charge is 2.03. The van der Waals surface area contributed by atoms with E-state index in [9.17, 15) is 9.90 Å². The minimum atomic E-state index is -0.381. The number of hydrogen-bond donors (Lipinski definition) is 2. The Balaban J connectivity index is 1.86. The molecule has 0 heterocycles. The van der Waals surface area contributed by atoms with Gasteiger partial charge in [0.2, 0.25) is 0 Å². The first-order valence-electron chi connectivity index (χ1n) is 6.96. The summed E-state index contributed by atoms with van der Waals surface area (Å²) in [4.78, 5) is 11.7. The normalized spacial score (nSPS) is 10.7. The molecule has 0 aliphatic carbocycles. The first kappa shape index (κ1) is 17.0. The van der Waals surface area contributed by atoms with E-state index in [0.717, 1.165) is 10.0 Å². The molecule has 1 amide bonds. The van der Waals surface area contributed by atoms with Gasteiger partial charge in [0.05, 0.1) is 6.21 Å². The van der Waals surface area contributed by atoms with Gasteiger partial charge in [0.25, 0.3) is 5.91 Å². The first-order chi connectivity index (χ1) is 11.0. The van der Waals surface area contributed by atoms with E-state index in [0.29, 0.717) is 11.3 Å². The molecule has 0 spiro atoms. The summed E-state index contributed by atoms with van der Waals surface area (Å²) in [5.41, 5.74) is 5.12. The summed E-state index contributed by atoms with van der Waals surface area (Å²) in [6.07, 6.45) is 1.37. The Kier molecular flexibility index (Phi) is 5.76. The zero-order chi connectivity index (χ0) is 16.8. The molecule has 0 saturated heterocycles. The molecule has 0 fully saturated rings. The first-order valence-corrected chi connectivity index (χ1v) is 7.75. The monoisotopic (exact) mass is 376 g/mol. The van der Waals surface area contributed by atoms with Crippen molar-refractivity contribution in [2.45, 2.75) is 13.8 Å². The van der Waals surface area contributed by atoms with Crippen LogP contribution < -0.4 is 10.2 Å². The predicted molar refractivity (Wildman–Crippen MR) is 93.0 cm³/mol. The molecule has 0 bridgehead atoms. The lowest BCUT2D eigenvalue weighted by Gasteiger charge is -2.07. The number of carbonyl (C=O) groups excluding carboxylic acids is 1. The Hall–Kier alpha value is -2.34. The second-order valence-electron chi connectivity index (χ2n) is 5.03. The minimum Gasteiger partial charge on any atom is -0.507 e. The van der Waals surface area contributed by atoms with Crippen LogP contribution in [0.3, 0.4) is 0 Å². The Bertz CT molecular complexity index is 745. The number of hydrogen-bond acceptors (Lipinski definition) is 4. The number of benzene rings is 2. The van der Waals surface area contributed by atoms with Crippen molar-refractivity contribution in [2.24, 2.45) is 5.10 Å². The highest BCUT2D eigenvalue weighted by atomic mass is 79.9. The number of aryl methyl sites for hydroxylation is 2. The molecule has 120 valence electrons. The number of rotatable bonds is 5. The fourth-order valence-corrected chi connectivity index (χ4v) is 2.17. The number of hydrazone groups is 1. The van der Waals surface area contributed by atoms with Crippen molar-refractivity contribution in [3.8, 4) is 11.5 Å². The fraction of sp³-hybridized carbons (Fsp3) is 0.176. The summed E-state index contributed by atoms with van der Waals surface area (Å²) < 4.78 is 6.21. The Morgan fingerprint density at radius 1 is 1.26 bits per heavy atom. The topological polar surface area (TPSA) is 70.9 Å². The maximum atomic E-state index is 11.7. The molecule has 2 aromatic carbocycles. The van der Waals surface area contributed by atoms with Gasteiger partial charge >= 0.3 is 0 Å². The average Bonchev–Trinajstić information content (AvgIpc) is 2.52. The molecule has 0 atom stereocenters. The van der Waals surface area contributed by atoms with Crippen LogP contribution in [0, 0.1) is 13.8 Å². The van der Waals surface area contributed by atoms with Crippen LogP contribution in [0.25, 0.3) is 0 Å². The third kappa shape index (κ3) is 5.10. The summed E-state index contributed by atoms with van der Waals surface area (Å²) in [5, 5.41) is 13.5. The Labute approximate surface area is 143 Å². The number of carbonyl (C=O) groups is 1. The summed E-state index contributed by atoms with van der Waals surface area (Å²) in [6.45, 7) is 3.86. The maximum absolute atomic E-state index is 11.7. The van der Waals surface area contributed by atoms with Crippen LogP contribution in [-0.4, -0.2) is 23.8 Å². The van der Waals surface area contributed by atoms with Crippen LogP contribution in [0.15, 0.2) is 46.0 Å². The zero-order valence-corrected chi connectivity index (χ0v) is 14.4. The van der Waals surface area contributed by atoms with E-state index in [2.05, 4.69) is 26.5 Å². The van der Waals surface area contributed by atoms with Crippen molar-refractivity contribution < 1.29 is 14.6 Å². The lowest BCUT2D eigenvalue weighted by atomic mass is 10.1. The van der Waals surface area contributed by atoms with E-state index in [1.807, 2.05) is 32.0 Å². The van der Waals surface area contributed by atoms with E-state index >= 15 is 0 Å². The number of phenolic OH excluding ortho intramolecular Hbond substituents is 1. The maximum Gasteiger partial charge on any atom is 0.277 e. The number of nitrogens with one attached hydrogen (secondary N) is 1. The summed E-state index contributed by atoms with van der Waals surface area (Å²) >= 11 is 3.30. The smallest absolute Gasteiger partial charge is 0.277 e. The van der Waals surface area contributed by atoms with Gasteiger partial charge in [0.1, 0.15) is 11.5 Å². The number of ether oxygens (including phenoxy) is 1. The van der Waals surface area contributed by atoms with Crippen molar-refractivity contribution in [2.75, 3.05) is 6.61 Å². The summed E-state index contributed by atoms with van der Waals surface area (Å²) in [7, 11) is 0. The SMILES string of the molecule is Cc1ccc(OCC(=O)N/N=C/c2cc(Br)ccc2O)cc1C. The Morgan fingerprint density at radius 3 is 2.78 bits per heavy atom. The Morgan fingerprint density at radius 2 is 2.04 bits per heavy atom. The van der Waals surface area contributed by atoms with E-state index in [-0.39, 0.29) is 18.3 Å². The summed E-state index contributed by atoms with van der Waals surface area (Å²) in [6, 6.07) is 10.6. The minimum absolute atomic E-state index is 0.0811. The average molecular weight is 377 g/mol.